The molecule has 0 N–H and O–H groups in total. The number of hydrogen-bond donors (Lipinski definition) is 0. The van der Waals surface area contributed by atoms with Gasteiger partial charge in [-0.2, -0.15) is 5.26 Å². The first kappa shape index (κ1) is 11.0. The first-order valence-electron chi connectivity index (χ1n) is 4.96. The molecule has 1 amide bonds. The fraction of sp³-hybridized carbons (Fsp3) is 0.800. The molecular formula is C10H17N3O. The SMILES string of the molecule is CN(CCC#N)C(=O)CN(C)C1CC1. The van der Waals surface area contributed by atoms with Gasteiger partial charge in [-0.25, -0.2) is 0 Å². The van der Waals surface area contributed by atoms with E-state index in [1.807, 2.05) is 13.1 Å². The molecule has 1 aliphatic carbocycles. The predicted molar refractivity (Wildman–Crippen MR) is 53.5 cm³/mol. The van der Waals surface area contributed by atoms with Crippen molar-refractivity contribution >= 4 is 5.91 Å². The maximum absolute atomic E-state index is 11.6. The van der Waals surface area contributed by atoms with Crippen LogP contribution in [0.5, 0.6) is 0 Å². The van der Waals surface area contributed by atoms with Crippen LogP contribution in [0.25, 0.3) is 0 Å². The highest BCUT2D eigenvalue weighted by Gasteiger charge is 2.27. The van der Waals surface area contributed by atoms with Crippen LogP contribution in [-0.4, -0.2) is 48.9 Å². The zero-order chi connectivity index (χ0) is 10.6. The van der Waals surface area contributed by atoms with E-state index in [0.717, 1.165) is 0 Å². The Kier molecular flexibility index (Phi) is 3.90. The van der Waals surface area contributed by atoms with Gasteiger partial charge in [-0.15, -0.1) is 0 Å². The minimum Gasteiger partial charge on any atom is -0.344 e. The number of rotatable bonds is 5. The number of amides is 1. The van der Waals surface area contributed by atoms with Crippen molar-refractivity contribution in [2.45, 2.75) is 25.3 Å². The van der Waals surface area contributed by atoms with Crippen molar-refractivity contribution in [3.8, 4) is 6.07 Å². The summed E-state index contributed by atoms with van der Waals surface area (Å²) in [5.41, 5.74) is 0. The van der Waals surface area contributed by atoms with E-state index >= 15 is 0 Å². The normalized spacial score (nSPS) is 15.3. The molecule has 0 atom stereocenters. The van der Waals surface area contributed by atoms with E-state index in [9.17, 15) is 4.79 Å². The van der Waals surface area contributed by atoms with Crippen LogP contribution >= 0.6 is 0 Å². The molecule has 0 unspecified atom stereocenters. The molecule has 0 aromatic heterocycles. The van der Waals surface area contributed by atoms with Crippen LogP contribution < -0.4 is 0 Å². The van der Waals surface area contributed by atoms with E-state index in [2.05, 4.69) is 4.90 Å². The van der Waals surface area contributed by atoms with Crippen molar-refractivity contribution in [2.75, 3.05) is 27.2 Å². The average Bonchev–Trinajstić information content (AvgIpc) is 2.96. The molecule has 4 nitrogen and oxygen atoms in total. The highest BCUT2D eigenvalue weighted by molar-refractivity contribution is 5.78. The Morgan fingerprint density at radius 1 is 1.50 bits per heavy atom. The second kappa shape index (κ2) is 4.97. The number of carbonyl (C=O) groups excluding carboxylic acids is 1. The zero-order valence-electron chi connectivity index (χ0n) is 8.86. The molecule has 1 rings (SSSR count). The van der Waals surface area contributed by atoms with Gasteiger partial charge in [0.05, 0.1) is 19.0 Å². The van der Waals surface area contributed by atoms with Crippen molar-refractivity contribution in [2.24, 2.45) is 0 Å². The standard InChI is InChI=1S/C10H17N3O/c1-12(7-3-6-11)10(14)8-13(2)9-4-5-9/h9H,3-5,7-8H2,1-2H3. The smallest absolute Gasteiger partial charge is 0.236 e. The molecule has 14 heavy (non-hydrogen) atoms. The summed E-state index contributed by atoms with van der Waals surface area (Å²) in [6.07, 6.45) is 2.84. The molecule has 0 heterocycles. The summed E-state index contributed by atoms with van der Waals surface area (Å²) in [5, 5.41) is 8.38. The monoisotopic (exact) mass is 195 g/mol. The number of likely N-dealkylation sites (N-methyl/N-ethyl adjacent to an activating group) is 2. The van der Waals surface area contributed by atoms with Crippen molar-refractivity contribution in [3.63, 3.8) is 0 Å². The minimum absolute atomic E-state index is 0.106. The van der Waals surface area contributed by atoms with Crippen LogP contribution in [0.3, 0.4) is 0 Å². The molecular weight excluding hydrogens is 178 g/mol. The summed E-state index contributed by atoms with van der Waals surface area (Å²) < 4.78 is 0. The average molecular weight is 195 g/mol. The highest BCUT2D eigenvalue weighted by atomic mass is 16.2. The van der Waals surface area contributed by atoms with Crippen LogP contribution in [0.2, 0.25) is 0 Å². The van der Waals surface area contributed by atoms with Gasteiger partial charge in [0.25, 0.3) is 0 Å². The largest absolute Gasteiger partial charge is 0.344 e. The fourth-order valence-corrected chi connectivity index (χ4v) is 1.32. The zero-order valence-corrected chi connectivity index (χ0v) is 8.86. The first-order chi connectivity index (χ1) is 6.65. The molecule has 0 saturated heterocycles. The maximum Gasteiger partial charge on any atom is 0.236 e. The second-order valence-electron chi connectivity index (χ2n) is 3.87. The number of hydrogen-bond acceptors (Lipinski definition) is 3. The predicted octanol–water partition coefficient (Wildman–Crippen LogP) is 0.453. The van der Waals surface area contributed by atoms with Crippen molar-refractivity contribution < 1.29 is 4.79 Å². The molecule has 1 aliphatic rings. The lowest BCUT2D eigenvalue weighted by Gasteiger charge is -2.20. The van der Waals surface area contributed by atoms with Gasteiger partial charge >= 0.3 is 0 Å². The fourth-order valence-electron chi connectivity index (χ4n) is 1.32. The topological polar surface area (TPSA) is 47.3 Å². The Labute approximate surface area is 85.1 Å². The van der Waals surface area contributed by atoms with Gasteiger partial charge < -0.3 is 4.90 Å². The maximum atomic E-state index is 11.6. The van der Waals surface area contributed by atoms with Gasteiger partial charge in [0.1, 0.15) is 0 Å². The van der Waals surface area contributed by atoms with E-state index in [0.29, 0.717) is 25.6 Å². The second-order valence-corrected chi connectivity index (χ2v) is 3.87. The van der Waals surface area contributed by atoms with E-state index in [-0.39, 0.29) is 5.91 Å². The number of carbonyl (C=O) groups is 1. The third-order valence-corrected chi connectivity index (χ3v) is 2.54. The van der Waals surface area contributed by atoms with Gasteiger partial charge in [-0.05, 0) is 19.9 Å². The van der Waals surface area contributed by atoms with Gasteiger partial charge in [-0.3, -0.25) is 9.69 Å². The summed E-state index contributed by atoms with van der Waals surface area (Å²) in [4.78, 5) is 15.3. The Balaban J connectivity index is 2.22. The molecule has 0 bridgehead atoms. The summed E-state index contributed by atoms with van der Waals surface area (Å²) in [6, 6.07) is 2.65. The van der Waals surface area contributed by atoms with Crippen molar-refractivity contribution in [1.82, 2.24) is 9.80 Å². The summed E-state index contributed by atoms with van der Waals surface area (Å²) in [5.74, 6) is 0.106. The summed E-state index contributed by atoms with van der Waals surface area (Å²) in [7, 11) is 3.73. The van der Waals surface area contributed by atoms with Gasteiger partial charge in [-0.1, -0.05) is 0 Å². The van der Waals surface area contributed by atoms with Crippen LogP contribution in [0.4, 0.5) is 0 Å². The third-order valence-electron chi connectivity index (χ3n) is 2.54. The van der Waals surface area contributed by atoms with E-state index < -0.39 is 0 Å². The molecule has 0 aromatic rings. The quantitative estimate of drug-likeness (QED) is 0.640. The molecule has 4 heteroatoms. The van der Waals surface area contributed by atoms with Crippen LogP contribution in [0, 0.1) is 11.3 Å². The number of nitrogens with zero attached hydrogens (tertiary/aromatic N) is 3. The van der Waals surface area contributed by atoms with E-state index in [4.69, 9.17) is 5.26 Å². The molecule has 78 valence electrons. The van der Waals surface area contributed by atoms with Gasteiger partial charge in [0, 0.05) is 19.6 Å². The molecule has 0 spiro atoms. The Morgan fingerprint density at radius 3 is 2.64 bits per heavy atom. The molecule has 0 aliphatic heterocycles. The Bertz CT molecular complexity index is 242. The van der Waals surface area contributed by atoms with E-state index in [1.54, 1.807) is 11.9 Å². The Morgan fingerprint density at radius 2 is 2.14 bits per heavy atom. The van der Waals surface area contributed by atoms with Crippen LogP contribution in [0.15, 0.2) is 0 Å². The molecule has 0 aromatic carbocycles. The van der Waals surface area contributed by atoms with Crippen molar-refractivity contribution in [1.29, 1.82) is 5.26 Å². The van der Waals surface area contributed by atoms with Crippen LogP contribution in [0.1, 0.15) is 19.3 Å². The third kappa shape index (κ3) is 3.35. The van der Waals surface area contributed by atoms with Crippen LogP contribution in [-0.2, 0) is 4.79 Å². The van der Waals surface area contributed by atoms with Crippen molar-refractivity contribution in [3.05, 3.63) is 0 Å². The highest BCUT2D eigenvalue weighted by Crippen LogP contribution is 2.24. The van der Waals surface area contributed by atoms with Gasteiger partial charge in [0.15, 0.2) is 0 Å². The number of nitriles is 1. The lowest BCUT2D eigenvalue weighted by Crippen LogP contribution is -2.37. The first-order valence-corrected chi connectivity index (χ1v) is 4.96. The van der Waals surface area contributed by atoms with Gasteiger partial charge in [0.2, 0.25) is 5.91 Å². The lowest BCUT2D eigenvalue weighted by atomic mass is 10.4. The molecule has 1 saturated carbocycles. The Hall–Kier alpha value is -1.08. The lowest BCUT2D eigenvalue weighted by molar-refractivity contribution is -0.130. The van der Waals surface area contributed by atoms with E-state index in [1.165, 1.54) is 12.8 Å². The molecule has 0 radical (unpaired) electrons. The minimum atomic E-state index is 0.106. The summed E-state index contributed by atoms with van der Waals surface area (Å²) in [6.45, 7) is 1.01. The molecule has 1 fully saturated rings. The summed E-state index contributed by atoms with van der Waals surface area (Å²) >= 11 is 0.